The summed E-state index contributed by atoms with van der Waals surface area (Å²) in [5, 5.41) is 0. The molecule has 1 aromatic heterocycles. The zero-order valence-corrected chi connectivity index (χ0v) is 11.4. The molecular formula is C16H12O3S. The molecule has 3 rings (SSSR count). The molecule has 0 aliphatic rings. The van der Waals surface area contributed by atoms with Gasteiger partial charge in [0.15, 0.2) is 5.58 Å². The van der Waals surface area contributed by atoms with Gasteiger partial charge in [-0.3, -0.25) is 0 Å². The van der Waals surface area contributed by atoms with Crippen molar-refractivity contribution in [2.45, 2.75) is 0 Å². The molecular weight excluding hydrogens is 272 g/mol. The van der Waals surface area contributed by atoms with Crippen LogP contribution < -0.4 is 9.68 Å². The average Bonchev–Trinajstić information content (AvgIpc) is 2.84. The molecule has 1 heterocycles. The molecule has 0 spiro atoms. The van der Waals surface area contributed by atoms with E-state index in [0.717, 1.165) is 21.6 Å². The third-order valence-electron chi connectivity index (χ3n) is 2.76. The fourth-order valence-corrected chi connectivity index (χ4v) is 2.48. The van der Waals surface area contributed by atoms with Crippen LogP contribution in [0.15, 0.2) is 63.8 Å². The summed E-state index contributed by atoms with van der Waals surface area (Å²) in [6, 6.07) is 15.4. The zero-order valence-electron chi connectivity index (χ0n) is 10.6. The quantitative estimate of drug-likeness (QED) is 0.728. The SMILES string of the molecule is O=c1oc2cc(OC/C=C\c3ccccc3)ccc2s1. The molecule has 0 atom stereocenters. The molecule has 0 aliphatic heterocycles. The van der Waals surface area contributed by atoms with Crippen LogP contribution in [0.3, 0.4) is 0 Å². The first-order valence-electron chi connectivity index (χ1n) is 6.19. The minimum atomic E-state index is -0.291. The van der Waals surface area contributed by atoms with Crippen LogP contribution in [-0.2, 0) is 0 Å². The largest absolute Gasteiger partial charge is 0.489 e. The number of ether oxygens (including phenoxy) is 1. The number of rotatable bonds is 4. The van der Waals surface area contributed by atoms with Crippen LogP contribution in [0.4, 0.5) is 0 Å². The van der Waals surface area contributed by atoms with Crippen molar-refractivity contribution in [2.24, 2.45) is 0 Å². The Hall–Kier alpha value is -2.33. The van der Waals surface area contributed by atoms with Gasteiger partial charge in [-0.2, -0.15) is 0 Å². The Balaban J connectivity index is 1.65. The van der Waals surface area contributed by atoms with Crippen LogP contribution in [0.2, 0.25) is 0 Å². The second-order valence-electron chi connectivity index (χ2n) is 4.19. The van der Waals surface area contributed by atoms with Crippen molar-refractivity contribution in [2.75, 3.05) is 6.61 Å². The number of hydrogen-bond donors (Lipinski definition) is 0. The maximum Gasteiger partial charge on any atom is 0.396 e. The highest BCUT2D eigenvalue weighted by atomic mass is 32.1. The molecule has 4 heteroatoms. The highest BCUT2D eigenvalue weighted by Gasteiger charge is 2.03. The monoisotopic (exact) mass is 284 g/mol. The molecule has 0 saturated carbocycles. The van der Waals surface area contributed by atoms with Gasteiger partial charge < -0.3 is 9.15 Å². The van der Waals surface area contributed by atoms with E-state index in [1.807, 2.05) is 54.6 Å². The summed E-state index contributed by atoms with van der Waals surface area (Å²) >= 11 is 1.09. The maximum absolute atomic E-state index is 11.1. The van der Waals surface area contributed by atoms with Crippen LogP contribution in [0.1, 0.15) is 5.56 Å². The molecule has 0 saturated heterocycles. The molecule has 2 aromatic carbocycles. The standard InChI is InChI=1S/C16H12O3S/c17-16-19-14-11-13(8-9-15(14)20-16)18-10-4-7-12-5-2-1-3-6-12/h1-9,11H,10H2/b7-4-. The Kier molecular flexibility index (Phi) is 3.65. The van der Waals surface area contributed by atoms with E-state index in [0.29, 0.717) is 17.9 Å². The van der Waals surface area contributed by atoms with Crippen LogP contribution in [0.25, 0.3) is 16.4 Å². The molecule has 0 unspecified atom stereocenters. The summed E-state index contributed by atoms with van der Waals surface area (Å²) in [6.07, 6.45) is 3.95. The van der Waals surface area contributed by atoms with Gasteiger partial charge >= 0.3 is 4.94 Å². The lowest BCUT2D eigenvalue weighted by Crippen LogP contribution is -1.92. The van der Waals surface area contributed by atoms with Crippen molar-refractivity contribution >= 4 is 27.7 Å². The molecule has 0 radical (unpaired) electrons. The molecule has 3 aromatic rings. The summed E-state index contributed by atoms with van der Waals surface area (Å²) in [4.78, 5) is 10.8. The van der Waals surface area contributed by atoms with E-state index in [-0.39, 0.29) is 4.94 Å². The van der Waals surface area contributed by atoms with Crippen LogP contribution in [-0.4, -0.2) is 6.61 Å². The molecule has 0 bridgehead atoms. The lowest BCUT2D eigenvalue weighted by Gasteiger charge is -2.02. The lowest BCUT2D eigenvalue weighted by molar-refractivity contribution is 0.363. The minimum Gasteiger partial charge on any atom is -0.489 e. The van der Waals surface area contributed by atoms with E-state index in [4.69, 9.17) is 9.15 Å². The highest BCUT2D eigenvalue weighted by Crippen LogP contribution is 2.22. The molecule has 20 heavy (non-hydrogen) atoms. The Morgan fingerprint density at radius 3 is 2.85 bits per heavy atom. The predicted octanol–water partition coefficient (Wildman–Crippen LogP) is 3.95. The first-order chi connectivity index (χ1) is 9.81. The van der Waals surface area contributed by atoms with Crippen LogP contribution in [0, 0.1) is 0 Å². The molecule has 100 valence electrons. The fraction of sp³-hybridized carbons (Fsp3) is 0.0625. The summed E-state index contributed by atoms with van der Waals surface area (Å²) in [5.74, 6) is 0.691. The Labute approximate surface area is 119 Å². The van der Waals surface area contributed by atoms with E-state index < -0.39 is 0 Å². The zero-order chi connectivity index (χ0) is 13.8. The lowest BCUT2D eigenvalue weighted by atomic mass is 10.2. The van der Waals surface area contributed by atoms with Gasteiger partial charge in [-0.05, 0) is 23.8 Å². The highest BCUT2D eigenvalue weighted by molar-refractivity contribution is 7.16. The van der Waals surface area contributed by atoms with Crippen molar-refractivity contribution in [3.63, 3.8) is 0 Å². The molecule has 3 nitrogen and oxygen atoms in total. The summed E-state index contributed by atoms with van der Waals surface area (Å²) < 4.78 is 11.5. The number of hydrogen-bond acceptors (Lipinski definition) is 4. The third-order valence-corrected chi connectivity index (χ3v) is 3.57. The third kappa shape index (κ3) is 2.97. The van der Waals surface area contributed by atoms with E-state index in [1.54, 1.807) is 6.07 Å². The minimum absolute atomic E-state index is 0.291. The van der Waals surface area contributed by atoms with Gasteiger partial charge in [0.05, 0.1) is 4.70 Å². The topological polar surface area (TPSA) is 39.4 Å². The van der Waals surface area contributed by atoms with Gasteiger partial charge in [-0.15, -0.1) is 0 Å². The Morgan fingerprint density at radius 1 is 1.15 bits per heavy atom. The first-order valence-corrected chi connectivity index (χ1v) is 7.01. The van der Waals surface area contributed by atoms with Crippen molar-refractivity contribution in [3.05, 3.63) is 69.9 Å². The Bertz CT molecular complexity index is 784. The smallest absolute Gasteiger partial charge is 0.396 e. The van der Waals surface area contributed by atoms with E-state index in [1.165, 1.54) is 0 Å². The maximum atomic E-state index is 11.1. The van der Waals surface area contributed by atoms with Crippen molar-refractivity contribution in [1.82, 2.24) is 0 Å². The van der Waals surface area contributed by atoms with Crippen molar-refractivity contribution in [3.8, 4) is 5.75 Å². The molecule has 0 N–H and O–H groups in total. The first kappa shape index (κ1) is 12.7. The van der Waals surface area contributed by atoms with Crippen molar-refractivity contribution < 1.29 is 9.15 Å². The Morgan fingerprint density at radius 2 is 2.00 bits per heavy atom. The van der Waals surface area contributed by atoms with Gasteiger partial charge in [0.25, 0.3) is 0 Å². The fourth-order valence-electron chi connectivity index (χ4n) is 1.84. The van der Waals surface area contributed by atoms with Crippen LogP contribution >= 0.6 is 11.3 Å². The van der Waals surface area contributed by atoms with Gasteiger partial charge in [-0.1, -0.05) is 47.7 Å². The van der Waals surface area contributed by atoms with E-state index in [9.17, 15) is 4.79 Å². The number of benzene rings is 2. The normalized spacial score (nSPS) is 11.2. The summed E-state index contributed by atoms with van der Waals surface area (Å²) in [6.45, 7) is 0.467. The van der Waals surface area contributed by atoms with Gasteiger partial charge in [0, 0.05) is 6.07 Å². The molecule has 0 amide bonds. The number of fused-ring (bicyclic) bond motifs is 1. The molecule has 0 aliphatic carbocycles. The predicted molar refractivity (Wildman–Crippen MR) is 81.3 cm³/mol. The second-order valence-corrected chi connectivity index (χ2v) is 5.16. The van der Waals surface area contributed by atoms with E-state index in [2.05, 4.69) is 0 Å². The van der Waals surface area contributed by atoms with Gasteiger partial charge in [-0.25, -0.2) is 4.79 Å². The van der Waals surface area contributed by atoms with Gasteiger partial charge in [0.2, 0.25) is 0 Å². The van der Waals surface area contributed by atoms with Gasteiger partial charge in [0.1, 0.15) is 12.4 Å². The summed E-state index contributed by atoms with van der Waals surface area (Å²) in [7, 11) is 0. The van der Waals surface area contributed by atoms with Crippen LogP contribution in [0.5, 0.6) is 5.75 Å². The second kappa shape index (κ2) is 5.75. The average molecular weight is 284 g/mol. The summed E-state index contributed by atoms with van der Waals surface area (Å²) in [5.41, 5.74) is 1.71. The van der Waals surface area contributed by atoms with E-state index >= 15 is 0 Å². The van der Waals surface area contributed by atoms with Crippen molar-refractivity contribution in [1.29, 1.82) is 0 Å². The molecule has 0 fully saturated rings.